The van der Waals surface area contributed by atoms with E-state index in [2.05, 4.69) is 15.3 Å². The lowest BCUT2D eigenvalue weighted by atomic mass is 10.1. The normalized spacial score (nSPS) is 10.5. The van der Waals surface area contributed by atoms with E-state index >= 15 is 0 Å². The number of ketones is 1. The molecule has 0 saturated heterocycles. The summed E-state index contributed by atoms with van der Waals surface area (Å²) in [6.45, 7) is 2.68. The van der Waals surface area contributed by atoms with Crippen molar-refractivity contribution in [1.82, 2.24) is 20.0 Å². The number of hydrogen-bond acceptors (Lipinski definition) is 4. The van der Waals surface area contributed by atoms with Gasteiger partial charge in [0, 0.05) is 18.3 Å². The van der Waals surface area contributed by atoms with Gasteiger partial charge in [-0.1, -0.05) is 23.7 Å². The highest BCUT2D eigenvalue weighted by molar-refractivity contribution is 6.29. The number of aromatic nitrogens is 4. The highest BCUT2D eigenvalue weighted by Crippen LogP contribution is 2.12. The van der Waals surface area contributed by atoms with Crippen molar-refractivity contribution in [1.29, 1.82) is 0 Å². The second-order valence-electron chi connectivity index (χ2n) is 3.54. The molecule has 6 heteroatoms. The Kier molecular flexibility index (Phi) is 3.49. The van der Waals surface area contributed by atoms with Gasteiger partial charge in [0.15, 0.2) is 0 Å². The van der Waals surface area contributed by atoms with Gasteiger partial charge in [0.1, 0.15) is 10.8 Å². The molecule has 0 fully saturated rings. The molecule has 0 saturated carbocycles. The number of halogens is 1. The summed E-state index contributed by atoms with van der Waals surface area (Å²) < 4.78 is 1.59. The molecule has 2 aromatic heterocycles. The molecule has 0 unspecified atom stereocenters. The summed E-state index contributed by atoms with van der Waals surface area (Å²) in [5.74, 6) is -0.146. The fourth-order valence-electron chi connectivity index (χ4n) is 1.50. The van der Waals surface area contributed by atoms with Gasteiger partial charge in [-0.15, -0.1) is 5.10 Å². The van der Waals surface area contributed by atoms with Crippen molar-refractivity contribution < 1.29 is 4.79 Å². The van der Waals surface area contributed by atoms with Crippen LogP contribution in [0.2, 0.25) is 5.15 Å². The Morgan fingerprint density at radius 1 is 1.53 bits per heavy atom. The van der Waals surface area contributed by atoms with Gasteiger partial charge in [-0.3, -0.25) is 4.79 Å². The molecular weight excluding hydrogens is 240 g/mol. The molecule has 0 aliphatic heterocycles. The minimum absolute atomic E-state index is 0.146. The number of carbonyl (C=O) groups excluding carboxylic acids is 1. The topological polar surface area (TPSA) is 60.7 Å². The molecule has 88 valence electrons. The third kappa shape index (κ3) is 2.50. The van der Waals surface area contributed by atoms with Crippen molar-refractivity contribution in [3.05, 3.63) is 40.9 Å². The molecule has 0 aliphatic carbocycles. The number of rotatable bonds is 4. The van der Waals surface area contributed by atoms with Gasteiger partial charge in [0.2, 0.25) is 5.78 Å². The standard InChI is InChI=1S/C11H11ClN4O/c1-2-5-16-9(7-14-15-16)11(17)8-3-4-13-10(12)6-8/h3-4,6-7H,2,5H2,1H3. The smallest absolute Gasteiger partial charge is 0.212 e. The predicted molar refractivity (Wildman–Crippen MR) is 63.0 cm³/mol. The molecule has 0 radical (unpaired) electrons. The van der Waals surface area contributed by atoms with Crippen molar-refractivity contribution in [2.75, 3.05) is 0 Å². The van der Waals surface area contributed by atoms with E-state index in [0.717, 1.165) is 6.42 Å². The van der Waals surface area contributed by atoms with E-state index in [0.29, 0.717) is 23.0 Å². The van der Waals surface area contributed by atoms with Crippen molar-refractivity contribution >= 4 is 17.4 Å². The molecular formula is C11H11ClN4O. The van der Waals surface area contributed by atoms with E-state index in [1.807, 2.05) is 6.92 Å². The van der Waals surface area contributed by atoms with Gasteiger partial charge < -0.3 is 0 Å². The molecule has 2 heterocycles. The summed E-state index contributed by atoms with van der Waals surface area (Å²) in [6, 6.07) is 3.16. The molecule has 2 rings (SSSR count). The molecule has 0 N–H and O–H groups in total. The number of nitrogens with zero attached hydrogens (tertiary/aromatic N) is 4. The van der Waals surface area contributed by atoms with Crippen LogP contribution in [0.1, 0.15) is 29.4 Å². The van der Waals surface area contributed by atoms with Gasteiger partial charge in [-0.25, -0.2) is 9.67 Å². The molecule has 0 spiro atoms. The zero-order valence-electron chi connectivity index (χ0n) is 9.30. The molecule has 0 aromatic carbocycles. The minimum Gasteiger partial charge on any atom is -0.287 e. The van der Waals surface area contributed by atoms with Crippen LogP contribution in [0.5, 0.6) is 0 Å². The highest BCUT2D eigenvalue weighted by Gasteiger charge is 2.15. The van der Waals surface area contributed by atoms with E-state index in [-0.39, 0.29) is 5.78 Å². The van der Waals surface area contributed by atoms with E-state index in [1.54, 1.807) is 10.7 Å². The van der Waals surface area contributed by atoms with E-state index in [4.69, 9.17) is 11.6 Å². The minimum atomic E-state index is -0.146. The maximum absolute atomic E-state index is 12.2. The lowest BCUT2D eigenvalue weighted by molar-refractivity contribution is 0.102. The summed E-state index contributed by atoms with van der Waals surface area (Å²) in [5.41, 5.74) is 0.957. The zero-order chi connectivity index (χ0) is 12.3. The second-order valence-corrected chi connectivity index (χ2v) is 3.93. The Labute approximate surface area is 103 Å². The van der Waals surface area contributed by atoms with Gasteiger partial charge in [-0.2, -0.15) is 0 Å². The molecule has 2 aromatic rings. The Balaban J connectivity index is 2.33. The van der Waals surface area contributed by atoms with Crippen LogP contribution in [0.15, 0.2) is 24.5 Å². The van der Waals surface area contributed by atoms with E-state index in [9.17, 15) is 4.79 Å². The summed E-state index contributed by atoms with van der Waals surface area (Å²) in [5, 5.41) is 7.92. The predicted octanol–water partition coefficient (Wildman–Crippen LogP) is 1.97. The molecule has 0 aliphatic rings. The first-order valence-electron chi connectivity index (χ1n) is 5.27. The van der Waals surface area contributed by atoms with E-state index < -0.39 is 0 Å². The first-order valence-corrected chi connectivity index (χ1v) is 5.65. The summed E-state index contributed by atoms with van der Waals surface area (Å²) in [7, 11) is 0. The van der Waals surface area contributed by atoms with Crippen LogP contribution >= 0.6 is 11.6 Å². The van der Waals surface area contributed by atoms with Gasteiger partial charge in [0.05, 0.1) is 6.20 Å². The lowest BCUT2D eigenvalue weighted by Gasteiger charge is -2.03. The fraction of sp³-hybridized carbons (Fsp3) is 0.273. The van der Waals surface area contributed by atoms with Crippen LogP contribution in [0, 0.1) is 0 Å². The van der Waals surface area contributed by atoms with E-state index in [1.165, 1.54) is 18.5 Å². The molecule has 0 amide bonds. The Bertz CT molecular complexity index is 538. The van der Waals surface area contributed by atoms with Gasteiger partial charge in [0.25, 0.3) is 0 Å². The molecule has 0 bridgehead atoms. The number of aryl methyl sites for hydroxylation is 1. The lowest BCUT2D eigenvalue weighted by Crippen LogP contribution is -2.11. The summed E-state index contributed by atoms with van der Waals surface area (Å²) in [4.78, 5) is 16.0. The van der Waals surface area contributed by atoms with Crippen LogP contribution in [0.4, 0.5) is 0 Å². The van der Waals surface area contributed by atoms with Crippen LogP contribution in [0.3, 0.4) is 0 Å². The van der Waals surface area contributed by atoms with Gasteiger partial charge >= 0.3 is 0 Å². The SMILES string of the molecule is CCCn1nncc1C(=O)c1ccnc(Cl)c1. The van der Waals surface area contributed by atoms with Crippen LogP contribution in [0.25, 0.3) is 0 Å². The summed E-state index contributed by atoms with van der Waals surface area (Å²) in [6.07, 6.45) is 3.86. The number of pyridine rings is 1. The molecule has 17 heavy (non-hydrogen) atoms. The largest absolute Gasteiger partial charge is 0.287 e. The zero-order valence-corrected chi connectivity index (χ0v) is 10.1. The quantitative estimate of drug-likeness (QED) is 0.615. The van der Waals surface area contributed by atoms with Crippen LogP contribution in [-0.2, 0) is 6.54 Å². The first kappa shape index (κ1) is 11.7. The Morgan fingerprint density at radius 2 is 2.35 bits per heavy atom. The Morgan fingerprint density at radius 3 is 3.06 bits per heavy atom. The van der Waals surface area contributed by atoms with Crippen molar-refractivity contribution in [3.63, 3.8) is 0 Å². The van der Waals surface area contributed by atoms with Crippen LogP contribution < -0.4 is 0 Å². The highest BCUT2D eigenvalue weighted by atomic mass is 35.5. The Hall–Kier alpha value is -1.75. The van der Waals surface area contributed by atoms with Crippen molar-refractivity contribution in [2.24, 2.45) is 0 Å². The fourth-order valence-corrected chi connectivity index (χ4v) is 1.68. The van der Waals surface area contributed by atoms with Crippen molar-refractivity contribution in [3.8, 4) is 0 Å². The maximum atomic E-state index is 12.2. The molecule has 5 nitrogen and oxygen atoms in total. The van der Waals surface area contributed by atoms with Crippen molar-refractivity contribution in [2.45, 2.75) is 19.9 Å². The third-order valence-electron chi connectivity index (χ3n) is 2.27. The average Bonchev–Trinajstić information content (AvgIpc) is 2.77. The average molecular weight is 251 g/mol. The molecule has 0 atom stereocenters. The third-order valence-corrected chi connectivity index (χ3v) is 2.48. The maximum Gasteiger partial charge on any atom is 0.212 e. The van der Waals surface area contributed by atoms with Crippen LogP contribution in [-0.4, -0.2) is 25.8 Å². The first-order chi connectivity index (χ1) is 8.22. The van der Waals surface area contributed by atoms with Gasteiger partial charge in [-0.05, 0) is 18.6 Å². The monoisotopic (exact) mass is 250 g/mol. The number of hydrogen-bond donors (Lipinski definition) is 0. The number of carbonyl (C=O) groups is 1. The second kappa shape index (κ2) is 5.05. The summed E-state index contributed by atoms with van der Waals surface area (Å²) >= 11 is 5.75.